The van der Waals surface area contributed by atoms with E-state index in [1.807, 2.05) is 6.92 Å². The van der Waals surface area contributed by atoms with Gasteiger partial charge in [0.15, 0.2) is 0 Å². The van der Waals surface area contributed by atoms with Gasteiger partial charge in [0.25, 0.3) is 0 Å². The molecule has 0 saturated carbocycles. The Morgan fingerprint density at radius 3 is 2.58 bits per heavy atom. The molecule has 0 aliphatic heterocycles. The Hall–Kier alpha value is -2.30. The number of hydrogen-bond acceptors (Lipinski definition) is 4. The van der Waals surface area contributed by atoms with E-state index in [1.54, 1.807) is 31.4 Å². The lowest BCUT2D eigenvalue weighted by Crippen LogP contribution is -1.99. The number of carbonyl (C=O) groups is 1. The first kappa shape index (κ1) is 13.1. The zero-order chi connectivity index (χ0) is 13.8. The Kier molecular flexibility index (Phi) is 3.85. The molecule has 0 amide bonds. The molecule has 0 radical (unpaired) electrons. The van der Waals surface area contributed by atoms with Crippen LogP contribution in [0.2, 0.25) is 0 Å². The summed E-state index contributed by atoms with van der Waals surface area (Å²) in [5.41, 5.74) is 1.21. The summed E-state index contributed by atoms with van der Waals surface area (Å²) < 4.78 is 10.4. The molecular formula is C14H15NO4. The van der Waals surface area contributed by atoms with E-state index in [0.717, 1.165) is 17.7 Å². The summed E-state index contributed by atoms with van der Waals surface area (Å²) in [6, 6.07) is 7.12. The maximum atomic E-state index is 11.1. The van der Waals surface area contributed by atoms with Crippen molar-refractivity contribution in [3.63, 3.8) is 0 Å². The van der Waals surface area contributed by atoms with Crippen LogP contribution in [-0.2, 0) is 6.42 Å². The molecule has 1 aromatic carbocycles. The Morgan fingerprint density at radius 2 is 2.05 bits per heavy atom. The standard InChI is InChI=1S/C14H15NO4/c1-3-4-11-12(14(16)17)19-13(15-11)9-5-7-10(18-2)8-6-9/h5-8H,3-4H2,1-2H3,(H,16,17). The number of carboxylic acid groups (broad SMARTS) is 1. The first-order valence-electron chi connectivity index (χ1n) is 6.03. The van der Waals surface area contributed by atoms with E-state index in [0.29, 0.717) is 18.0 Å². The van der Waals surface area contributed by atoms with Crippen LogP contribution in [0, 0.1) is 0 Å². The quantitative estimate of drug-likeness (QED) is 0.895. The van der Waals surface area contributed by atoms with E-state index in [-0.39, 0.29) is 5.76 Å². The molecule has 0 unspecified atom stereocenters. The van der Waals surface area contributed by atoms with Crippen molar-refractivity contribution >= 4 is 5.97 Å². The van der Waals surface area contributed by atoms with Gasteiger partial charge in [-0.15, -0.1) is 0 Å². The van der Waals surface area contributed by atoms with Gasteiger partial charge in [-0.3, -0.25) is 0 Å². The molecule has 1 heterocycles. The molecule has 0 spiro atoms. The normalized spacial score (nSPS) is 10.4. The average molecular weight is 261 g/mol. The number of aromatic carboxylic acids is 1. The van der Waals surface area contributed by atoms with Gasteiger partial charge in [0, 0.05) is 5.56 Å². The maximum Gasteiger partial charge on any atom is 0.373 e. The summed E-state index contributed by atoms with van der Waals surface area (Å²) in [6.45, 7) is 1.97. The van der Waals surface area contributed by atoms with Crippen molar-refractivity contribution in [2.24, 2.45) is 0 Å². The van der Waals surface area contributed by atoms with E-state index in [1.165, 1.54) is 0 Å². The van der Waals surface area contributed by atoms with Crippen LogP contribution in [-0.4, -0.2) is 23.2 Å². The smallest absolute Gasteiger partial charge is 0.373 e. The molecule has 0 fully saturated rings. The topological polar surface area (TPSA) is 72.6 Å². The molecule has 2 rings (SSSR count). The molecule has 0 saturated heterocycles. The van der Waals surface area contributed by atoms with Gasteiger partial charge >= 0.3 is 5.97 Å². The van der Waals surface area contributed by atoms with Crippen LogP contribution in [0.3, 0.4) is 0 Å². The third-order valence-corrected chi connectivity index (χ3v) is 2.72. The van der Waals surface area contributed by atoms with Gasteiger partial charge in [0.1, 0.15) is 5.75 Å². The van der Waals surface area contributed by atoms with Crippen molar-refractivity contribution in [2.45, 2.75) is 19.8 Å². The number of ether oxygens (including phenoxy) is 1. The minimum absolute atomic E-state index is 0.0762. The Morgan fingerprint density at radius 1 is 1.37 bits per heavy atom. The molecule has 0 bridgehead atoms. The van der Waals surface area contributed by atoms with Crippen molar-refractivity contribution in [3.05, 3.63) is 35.7 Å². The largest absolute Gasteiger partial charge is 0.497 e. The monoisotopic (exact) mass is 261 g/mol. The first-order chi connectivity index (χ1) is 9.15. The summed E-state index contributed by atoms with van der Waals surface area (Å²) in [7, 11) is 1.59. The predicted molar refractivity (Wildman–Crippen MR) is 69.4 cm³/mol. The second kappa shape index (κ2) is 5.56. The van der Waals surface area contributed by atoms with E-state index >= 15 is 0 Å². The van der Waals surface area contributed by atoms with Gasteiger partial charge in [-0.1, -0.05) is 13.3 Å². The first-order valence-corrected chi connectivity index (χ1v) is 6.03. The Labute approximate surface area is 110 Å². The van der Waals surface area contributed by atoms with Crippen molar-refractivity contribution in [2.75, 3.05) is 7.11 Å². The van der Waals surface area contributed by atoms with E-state index in [2.05, 4.69) is 4.98 Å². The lowest BCUT2D eigenvalue weighted by molar-refractivity contribution is 0.0661. The number of carboxylic acids is 1. The zero-order valence-corrected chi connectivity index (χ0v) is 10.8. The lowest BCUT2D eigenvalue weighted by atomic mass is 10.2. The Bertz CT molecular complexity index is 572. The molecule has 100 valence electrons. The van der Waals surface area contributed by atoms with Crippen LogP contribution < -0.4 is 4.74 Å². The number of oxazole rings is 1. The third-order valence-electron chi connectivity index (χ3n) is 2.72. The van der Waals surface area contributed by atoms with Gasteiger partial charge in [0.2, 0.25) is 11.7 Å². The van der Waals surface area contributed by atoms with Crippen molar-refractivity contribution in [1.29, 1.82) is 0 Å². The second-order valence-electron chi connectivity index (χ2n) is 4.08. The van der Waals surface area contributed by atoms with E-state index < -0.39 is 5.97 Å². The molecule has 5 heteroatoms. The number of methoxy groups -OCH3 is 1. The number of benzene rings is 1. The molecule has 1 N–H and O–H groups in total. The summed E-state index contributed by atoms with van der Waals surface area (Å²) >= 11 is 0. The Balaban J connectivity index is 2.38. The summed E-state index contributed by atoms with van der Waals surface area (Å²) in [4.78, 5) is 15.3. The number of aromatic nitrogens is 1. The SMILES string of the molecule is CCCc1nc(-c2ccc(OC)cc2)oc1C(=O)O. The molecule has 2 aromatic rings. The number of aryl methyl sites for hydroxylation is 1. The van der Waals surface area contributed by atoms with Crippen molar-refractivity contribution < 1.29 is 19.1 Å². The highest BCUT2D eigenvalue weighted by molar-refractivity contribution is 5.86. The van der Waals surface area contributed by atoms with E-state index in [4.69, 9.17) is 14.3 Å². The highest BCUT2D eigenvalue weighted by atomic mass is 16.5. The van der Waals surface area contributed by atoms with Crippen molar-refractivity contribution in [1.82, 2.24) is 4.98 Å². The second-order valence-corrected chi connectivity index (χ2v) is 4.08. The number of hydrogen-bond donors (Lipinski definition) is 1. The molecule has 0 aliphatic rings. The van der Waals surface area contributed by atoms with Gasteiger partial charge in [0.05, 0.1) is 12.8 Å². The van der Waals surface area contributed by atoms with Crippen LogP contribution in [0.15, 0.2) is 28.7 Å². The molecule has 1 aromatic heterocycles. The fourth-order valence-electron chi connectivity index (χ4n) is 1.78. The van der Waals surface area contributed by atoms with E-state index in [9.17, 15) is 4.79 Å². The number of nitrogens with zero attached hydrogens (tertiary/aromatic N) is 1. The summed E-state index contributed by atoms with van der Waals surface area (Å²) in [5, 5.41) is 9.08. The minimum Gasteiger partial charge on any atom is -0.497 e. The van der Waals surface area contributed by atoms with Gasteiger partial charge in [-0.05, 0) is 30.7 Å². The third kappa shape index (κ3) is 2.76. The fraction of sp³-hybridized carbons (Fsp3) is 0.286. The highest BCUT2D eigenvalue weighted by Gasteiger charge is 2.19. The van der Waals surface area contributed by atoms with Crippen LogP contribution in [0.1, 0.15) is 29.6 Å². The summed E-state index contributed by atoms with van der Waals surface area (Å²) in [5.74, 6) is -0.116. The summed E-state index contributed by atoms with van der Waals surface area (Å²) in [6.07, 6.45) is 1.40. The van der Waals surface area contributed by atoms with Gasteiger partial charge in [-0.2, -0.15) is 0 Å². The predicted octanol–water partition coefficient (Wildman–Crippen LogP) is 3.00. The number of rotatable bonds is 5. The molecular weight excluding hydrogens is 246 g/mol. The van der Waals surface area contributed by atoms with Gasteiger partial charge < -0.3 is 14.3 Å². The molecule has 5 nitrogen and oxygen atoms in total. The lowest BCUT2D eigenvalue weighted by Gasteiger charge is -1.99. The average Bonchev–Trinajstić information content (AvgIpc) is 2.83. The molecule has 0 aliphatic carbocycles. The fourth-order valence-corrected chi connectivity index (χ4v) is 1.78. The minimum atomic E-state index is -1.09. The molecule has 19 heavy (non-hydrogen) atoms. The zero-order valence-electron chi connectivity index (χ0n) is 10.8. The van der Waals surface area contributed by atoms with Gasteiger partial charge in [-0.25, -0.2) is 9.78 Å². The highest BCUT2D eigenvalue weighted by Crippen LogP contribution is 2.25. The molecule has 0 atom stereocenters. The van der Waals surface area contributed by atoms with Crippen LogP contribution >= 0.6 is 0 Å². The van der Waals surface area contributed by atoms with Crippen LogP contribution in [0.25, 0.3) is 11.5 Å². The maximum absolute atomic E-state index is 11.1. The van der Waals surface area contributed by atoms with Crippen LogP contribution in [0.4, 0.5) is 0 Å². The van der Waals surface area contributed by atoms with Crippen LogP contribution in [0.5, 0.6) is 5.75 Å². The van der Waals surface area contributed by atoms with Crippen molar-refractivity contribution in [3.8, 4) is 17.2 Å².